The topological polar surface area (TPSA) is 75.1 Å². The number of aromatic nitrogens is 2. The highest BCUT2D eigenvalue weighted by Gasteiger charge is 2.21. The van der Waals surface area contributed by atoms with Crippen LogP contribution >= 0.6 is 0 Å². The molecular formula is C21H30N6O2. The van der Waals surface area contributed by atoms with E-state index in [1.807, 2.05) is 37.3 Å². The van der Waals surface area contributed by atoms with E-state index in [1.165, 1.54) is 0 Å². The van der Waals surface area contributed by atoms with E-state index in [0.29, 0.717) is 6.54 Å². The van der Waals surface area contributed by atoms with Crippen molar-refractivity contribution in [3.8, 4) is 11.5 Å². The van der Waals surface area contributed by atoms with Crippen molar-refractivity contribution in [1.29, 1.82) is 0 Å². The second-order valence-corrected chi connectivity index (χ2v) is 6.82. The molecule has 2 aromatic rings. The number of hydrogen-bond acceptors (Lipinski definition) is 6. The average molecular weight is 399 g/mol. The van der Waals surface area contributed by atoms with Gasteiger partial charge in [-0.05, 0) is 44.2 Å². The SMILES string of the molecule is CCNC(=NCC(C)Oc1ccc(OC)cc1)N1CCN(c2ncccn2)CC1. The number of methoxy groups -OCH3 is 1. The zero-order valence-corrected chi connectivity index (χ0v) is 17.4. The van der Waals surface area contributed by atoms with Crippen LogP contribution in [0.3, 0.4) is 0 Å². The summed E-state index contributed by atoms with van der Waals surface area (Å²) in [5.74, 6) is 3.34. The Bertz CT molecular complexity index is 761. The van der Waals surface area contributed by atoms with E-state index < -0.39 is 0 Å². The standard InChI is InChI=1S/C21H30N6O2/c1-4-22-20(25-16-17(2)29-19-8-6-18(28-3)7-9-19)26-12-14-27(15-13-26)21-23-10-5-11-24-21/h5-11,17H,4,12-16H2,1-3H3,(H,22,25). The minimum atomic E-state index is -0.0314. The molecule has 1 aromatic heterocycles. The Morgan fingerprint density at radius 3 is 2.38 bits per heavy atom. The molecule has 1 aliphatic rings. The van der Waals surface area contributed by atoms with Gasteiger partial charge < -0.3 is 24.6 Å². The van der Waals surface area contributed by atoms with Gasteiger partial charge in [-0.3, -0.25) is 0 Å². The van der Waals surface area contributed by atoms with Gasteiger partial charge in [-0.15, -0.1) is 0 Å². The fraction of sp³-hybridized carbons (Fsp3) is 0.476. The van der Waals surface area contributed by atoms with Crippen LogP contribution in [-0.4, -0.2) is 73.3 Å². The summed E-state index contributed by atoms with van der Waals surface area (Å²) in [6.45, 7) is 9.00. The Kier molecular flexibility index (Phi) is 7.49. The molecule has 1 aliphatic heterocycles. The van der Waals surface area contributed by atoms with Crippen LogP contribution in [0.15, 0.2) is 47.7 Å². The summed E-state index contributed by atoms with van der Waals surface area (Å²) >= 11 is 0. The van der Waals surface area contributed by atoms with Gasteiger partial charge in [0.2, 0.25) is 5.95 Å². The fourth-order valence-corrected chi connectivity index (χ4v) is 3.14. The normalized spacial score (nSPS) is 15.8. The van der Waals surface area contributed by atoms with E-state index in [-0.39, 0.29) is 6.10 Å². The molecule has 3 rings (SSSR count). The predicted molar refractivity (Wildman–Crippen MR) is 115 cm³/mol. The van der Waals surface area contributed by atoms with Gasteiger partial charge in [0, 0.05) is 45.1 Å². The molecule has 0 aliphatic carbocycles. The molecule has 0 spiro atoms. The molecule has 1 N–H and O–H groups in total. The first-order valence-electron chi connectivity index (χ1n) is 10.1. The summed E-state index contributed by atoms with van der Waals surface area (Å²) in [5, 5.41) is 3.40. The Morgan fingerprint density at radius 2 is 1.76 bits per heavy atom. The highest BCUT2D eigenvalue weighted by atomic mass is 16.5. The molecule has 2 heterocycles. The molecule has 1 fully saturated rings. The summed E-state index contributed by atoms with van der Waals surface area (Å²) in [6, 6.07) is 9.45. The number of nitrogens with one attached hydrogen (secondary N) is 1. The molecule has 0 bridgehead atoms. The van der Waals surface area contributed by atoms with Crippen molar-refractivity contribution < 1.29 is 9.47 Å². The van der Waals surface area contributed by atoms with Crippen LogP contribution in [0.4, 0.5) is 5.95 Å². The smallest absolute Gasteiger partial charge is 0.225 e. The zero-order chi connectivity index (χ0) is 20.5. The summed E-state index contributed by atoms with van der Waals surface area (Å²) in [4.78, 5) is 18.0. The first-order valence-corrected chi connectivity index (χ1v) is 10.1. The van der Waals surface area contributed by atoms with Gasteiger partial charge in [-0.1, -0.05) is 0 Å². The van der Waals surface area contributed by atoms with Crippen LogP contribution in [0, 0.1) is 0 Å². The van der Waals surface area contributed by atoms with E-state index in [9.17, 15) is 0 Å². The number of ether oxygens (including phenoxy) is 2. The lowest BCUT2D eigenvalue weighted by Gasteiger charge is -2.36. The van der Waals surface area contributed by atoms with E-state index >= 15 is 0 Å². The Labute approximate surface area is 172 Å². The molecule has 8 heteroatoms. The highest BCUT2D eigenvalue weighted by Crippen LogP contribution is 2.18. The van der Waals surface area contributed by atoms with Crippen molar-refractivity contribution in [2.24, 2.45) is 4.99 Å². The maximum Gasteiger partial charge on any atom is 0.225 e. The lowest BCUT2D eigenvalue weighted by molar-refractivity contribution is 0.229. The first kappa shape index (κ1) is 20.7. The molecule has 1 saturated heterocycles. The molecule has 1 unspecified atom stereocenters. The number of hydrogen-bond donors (Lipinski definition) is 1. The number of piperazine rings is 1. The molecule has 1 aromatic carbocycles. The molecule has 156 valence electrons. The molecule has 0 amide bonds. The van der Waals surface area contributed by atoms with Crippen molar-refractivity contribution in [1.82, 2.24) is 20.2 Å². The molecular weight excluding hydrogens is 368 g/mol. The van der Waals surface area contributed by atoms with Crippen molar-refractivity contribution in [3.05, 3.63) is 42.7 Å². The van der Waals surface area contributed by atoms with Crippen LogP contribution in [0.2, 0.25) is 0 Å². The van der Waals surface area contributed by atoms with Gasteiger partial charge in [0.15, 0.2) is 5.96 Å². The summed E-state index contributed by atoms with van der Waals surface area (Å²) in [6.07, 6.45) is 3.53. The fourth-order valence-electron chi connectivity index (χ4n) is 3.14. The molecule has 1 atom stereocenters. The summed E-state index contributed by atoms with van der Waals surface area (Å²) in [5.41, 5.74) is 0. The van der Waals surface area contributed by atoms with E-state index in [1.54, 1.807) is 19.5 Å². The lowest BCUT2D eigenvalue weighted by atomic mass is 10.3. The second-order valence-electron chi connectivity index (χ2n) is 6.82. The van der Waals surface area contributed by atoms with Crippen molar-refractivity contribution in [2.45, 2.75) is 20.0 Å². The second kappa shape index (κ2) is 10.5. The van der Waals surface area contributed by atoms with Gasteiger partial charge in [0.1, 0.15) is 17.6 Å². The van der Waals surface area contributed by atoms with Gasteiger partial charge >= 0.3 is 0 Å². The van der Waals surface area contributed by atoms with Crippen LogP contribution in [-0.2, 0) is 0 Å². The molecule has 0 saturated carbocycles. The predicted octanol–water partition coefficient (Wildman–Crippen LogP) is 2.04. The largest absolute Gasteiger partial charge is 0.497 e. The summed E-state index contributed by atoms with van der Waals surface area (Å²) < 4.78 is 11.2. The van der Waals surface area contributed by atoms with Gasteiger partial charge in [-0.2, -0.15) is 0 Å². The van der Waals surface area contributed by atoms with Gasteiger partial charge in [0.25, 0.3) is 0 Å². The number of anilines is 1. The Morgan fingerprint density at radius 1 is 1.10 bits per heavy atom. The number of benzene rings is 1. The Hall–Kier alpha value is -3.03. The summed E-state index contributed by atoms with van der Waals surface area (Å²) in [7, 11) is 1.65. The maximum absolute atomic E-state index is 5.97. The van der Waals surface area contributed by atoms with Crippen LogP contribution in [0.25, 0.3) is 0 Å². The van der Waals surface area contributed by atoms with Crippen LogP contribution < -0.4 is 19.7 Å². The maximum atomic E-state index is 5.97. The van der Waals surface area contributed by atoms with Crippen LogP contribution in [0.5, 0.6) is 11.5 Å². The number of nitrogens with zero attached hydrogens (tertiary/aromatic N) is 5. The van der Waals surface area contributed by atoms with E-state index in [4.69, 9.17) is 14.5 Å². The minimum absolute atomic E-state index is 0.0314. The highest BCUT2D eigenvalue weighted by molar-refractivity contribution is 5.80. The number of rotatable bonds is 7. The monoisotopic (exact) mass is 398 g/mol. The third-order valence-corrected chi connectivity index (χ3v) is 4.64. The van der Waals surface area contributed by atoms with Crippen molar-refractivity contribution >= 4 is 11.9 Å². The lowest BCUT2D eigenvalue weighted by Crippen LogP contribution is -2.53. The quantitative estimate of drug-likeness (QED) is 0.565. The number of guanidine groups is 1. The van der Waals surface area contributed by atoms with Gasteiger partial charge in [0.05, 0.1) is 13.7 Å². The minimum Gasteiger partial charge on any atom is -0.497 e. The van der Waals surface area contributed by atoms with E-state index in [0.717, 1.165) is 56.1 Å². The van der Waals surface area contributed by atoms with Crippen molar-refractivity contribution in [2.75, 3.05) is 51.3 Å². The third kappa shape index (κ3) is 5.97. The zero-order valence-electron chi connectivity index (χ0n) is 17.4. The third-order valence-electron chi connectivity index (χ3n) is 4.64. The molecule has 29 heavy (non-hydrogen) atoms. The molecule has 0 radical (unpaired) electrons. The first-order chi connectivity index (χ1) is 14.2. The average Bonchev–Trinajstić information content (AvgIpc) is 2.78. The van der Waals surface area contributed by atoms with Gasteiger partial charge in [-0.25, -0.2) is 15.0 Å². The Balaban J connectivity index is 1.53. The van der Waals surface area contributed by atoms with Crippen LogP contribution in [0.1, 0.15) is 13.8 Å². The van der Waals surface area contributed by atoms with Crippen molar-refractivity contribution in [3.63, 3.8) is 0 Å². The van der Waals surface area contributed by atoms with E-state index in [2.05, 4.69) is 32.0 Å². The number of aliphatic imine (C=N–C) groups is 1. The molecule has 8 nitrogen and oxygen atoms in total.